The molecular formula is C35H39Cl2FN2O3. The highest BCUT2D eigenvalue weighted by Gasteiger charge is 2.25. The van der Waals surface area contributed by atoms with Gasteiger partial charge < -0.3 is 9.47 Å². The molecule has 1 heterocycles. The smallest absolute Gasteiger partial charge is 0.412 e. The third-order valence-electron chi connectivity index (χ3n) is 7.73. The lowest BCUT2D eigenvalue weighted by Crippen LogP contribution is -2.27. The summed E-state index contributed by atoms with van der Waals surface area (Å²) in [5.74, 6) is 0.818. The number of halogens is 3. The molecule has 5 nitrogen and oxygen atoms in total. The Kier molecular flexibility index (Phi) is 10.0. The zero-order valence-corrected chi connectivity index (χ0v) is 26.5. The number of carbonyl (C=O) groups excluding carboxylic acids is 1. The minimum absolute atomic E-state index is 0.0996. The van der Waals surface area contributed by atoms with Crippen LogP contribution in [0.25, 0.3) is 11.1 Å². The Hall–Kier alpha value is -3.06. The van der Waals surface area contributed by atoms with Crippen molar-refractivity contribution in [2.75, 3.05) is 31.6 Å². The molecule has 8 heteroatoms. The van der Waals surface area contributed by atoms with Gasteiger partial charge in [0.1, 0.15) is 17.5 Å². The molecule has 1 saturated heterocycles. The second-order valence-electron chi connectivity index (χ2n) is 12.2. The third-order valence-corrected chi connectivity index (χ3v) is 8.28. The minimum Gasteiger partial charge on any atom is -0.489 e. The van der Waals surface area contributed by atoms with Crippen LogP contribution in [-0.4, -0.2) is 49.0 Å². The van der Waals surface area contributed by atoms with Crippen molar-refractivity contribution in [3.05, 3.63) is 93.0 Å². The van der Waals surface area contributed by atoms with Gasteiger partial charge in [-0.3, -0.25) is 14.6 Å². The van der Waals surface area contributed by atoms with Gasteiger partial charge in [0, 0.05) is 35.4 Å². The molecule has 1 amide bonds. The zero-order chi connectivity index (χ0) is 30.6. The first-order valence-corrected chi connectivity index (χ1v) is 15.7. The van der Waals surface area contributed by atoms with E-state index in [0.717, 1.165) is 84.5 Å². The Labute approximate surface area is 264 Å². The van der Waals surface area contributed by atoms with Crippen LogP contribution >= 0.6 is 23.2 Å². The topological polar surface area (TPSA) is 50.8 Å². The van der Waals surface area contributed by atoms with Gasteiger partial charge in [-0.1, -0.05) is 47.5 Å². The normalized spacial score (nSPS) is 17.4. The Balaban J connectivity index is 1.48. The molecular weight excluding hydrogens is 586 g/mol. The van der Waals surface area contributed by atoms with Crippen molar-refractivity contribution in [3.8, 4) is 5.75 Å². The molecule has 2 aliphatic rings. The van der Waals surface area contributed by atoms with E-state index in [1.54, 1.807) is 6.07 Å². The van der Waals surface area contributed by atoms with Gasteiger partial charge in [0.2, 0.25) is 0 Å². The van der Waals surface area contributed by atoms with Crippen LogP contribution in [0.3, 0.4) is 0 Å². The number of ether oxygens (including phenoxy) is 2. The summed E-state index contributed by atoms with van der Waals surface area (Å²) in [6.07, 6.45) is 3.72. The number of hydrogen-bond acceptors (Lipinski definition) is 4. The lowest BCUT2D eigenvalue weighted by Gasteiger charge is -2.21. The third kappa shape index (κ3) is 8.11. The fourth-order valence-corrected chi connectivity index (χ4v) is 6.42. The summed E-state index contributed by atoms with van der Waals surface area (Å²) in [7, 11) is 0. The van der Waals surface area contributed by atoms with Gasteiger partial charge in [0.05, 0.1) is 6.67 Å². The molecule has 3 aromatic rings. The second-order valence-corrected chi connectivity index (χ2v) is 13.1. The molecule has 0 spiro atoms. The van der Waals surface area contributed by atoms with Crippen LogP contribution in [0.1, 0.15) is 68.7 Å². The van der Waals surface area contributed by atoms with Crippen LogP contribution in [-0.2, 0) is 11.2 Å². The van der Waals surface area contributed by atoms with Crippen molar-refractivity contribution < 1.29 is 18.7 Å². The van der Waals surface area contributed by atoms with Gasteiger partial charge in [-0.25, -0.2) is 4.79 Å². The van der Waals surface area contributed by atoms with E-state index in [9.17, 15) is 9.18 Å². The molecule has 0 bridgehead atoms. The van der Waals surface area contributed by atoms with E-state index in [-0.39, 0.29) is 12.8 Å². The lowest BCUT2D eigenvalue weighted by atomic mass is 9.87. The van der Waals surface area contributed by atoms with Crippen molar-refractivity contribution in [1.82, 2.24) is 4.90 Å². The number of alkyl halides is 1. The van der Waals surface area contributed by atoms with E-state index >= 15 is 0 Å². The van der Waals surface area contributed by atoms with E-state index < -0.39 is 11.7 Å². The number of benzene rings is 3. The molecule has 0 aromatic heterocycles. The SMILES string of the molecule is CC(C)(C)OC(=O)Nc1ccc2c(c1)CCCC(c1ccc(Cl)cc1Cl)=C2c1ccc(O[C@H]2CCN(CCCF)C2)cc1. The fraction of sp³-hybridized carbons (Fsp3) is 0.400. The molecule has 0 saturated carbocycles. The average molecular weight is 626 g/mol. The molecule has 0 radical (unpaired) electrons. The number of carbonyl (C=O) groups is 1. The molecule has 1 aliphatic heterocycles. The molecule has 3 aromatic carbocycles. The molecule has 1 N–H and O–H groups in total. The van der Waals surface area contributed by atoms with Crippen LogP contribution in [0, 0.1) is 0 Å². The molecule has 228 valence electrons. The van der Waals surface area contributed by atoms with E-state index in [2.05, 4.69) is 28.4 Å². The van der Waals surface area contributed by atoms with Crippen LogP contribution in [0.15, 0.2) is 60.7 Å². The van der Waals surface area contributed by atoms with Crippen LogP contribution in [0.5, 0.6) is 5.75 Å². The Morgan fingerprint density at radius 3 is 2.51 bits per heavy atom. The summed E-state index contributed by atoms with van der Waals surface area (Å²) in [6.45, 7) is 7.77. The van der Waals surface area contributed by atoms with E-state index in [0.29, 0.717) is 22.2 Å². The lowest BCUT2D eigenvalue weighted by molar-refractivity contribution is 0.0636. The molecule has 0 unspecified atom stereocenters. The van der Waals surface area contributed by atoms with Crippen molar-refractivity contribution in [2.45, 2.75) is 64.6 Å². The number of fused-ring (bicyclic) bond motifs is 1. The van der Waals surface area contributed by atoms with E-state index in [1.807, 2.05) is 57.2 Å². The summed E-state index contributed by atoms with van der Waals surface area (Å²) in [5, 5.41) is 4.10. The van der Waals surface area contributed by atoms with Gasteiger partial charge in [-0.15, -0.1) is 0 Å². The minimum atomic E-state index is -0.583. The van der Waals surface area contributed by atoms with E-state index in [1.165, 1.54) is 0 Å². The summed E-state index contributed by atoms with van der Waals surface area (Å²) in [5.41, 5.74) is 6.63. The monoisotopic (exact) mass is 624 g/mol. The highest BCUT2D eigenvalue weighted by atomic mass is 35.5. The molecule has 43 heavy (non-hydrogen) atoms. The number of hydrogen-bond donors (Lipinski definition) is 1. The summed E-state index contributed by atoms with van der Waals surface area (Å²) in [6, 6.07) is 19.9. The number of nitrogens with one attached hydrogen (secondary N) is 1. The maximum absolute atomic E-state index is 12.6. The van der Waals surface area contributed by atoms with E-state index in [4.69, 9.17) is 32.7 Å². The van der Waals surface area contributed by atoms with Crippen molar-refractivity contribution in [2.24, 2.45) is 0 Å². The van der Waals surface area contributed by atoms with Gasteiger partial charge in [0.25, 0.3) is 0 Å². The number of anilines is 1. The zero-order valence-electron chi connectivity index (χ0n) is 25.0. The highest BCUT2D eigenvalue weighted by molar-refractivity contribution is 6.36. The number of likely N-dealkylation sites (tertiary alicyclic amines) is 1. The first-order chi connectivity index (χ1) is 20.6. The standard InChI is InChI=1S/C35H39Cl2FN2O3/c1-35(2,3)43-34(41)39-26-11-15-29-24(20-26)6-4-7-31(30-14-10-25(36)21-32(30)37)33(29)23-8-12-27(13-9-23)42-28-16-19-40(22-28)18-5-17-38/h8-15,20-21,28H,4-7,16-19,22H2,1-3H3,(H,39,41)/t28-/m0/s1. The molecule has 5 rings (SSSR count). The number of aryl methyl sites for hydroxylation is 1. The predicted molar refractivity (Wildman–Crippen MR) is 174 cm³/mol. The highest BCUT2D eigenvalue weighted by Crippen LogP contribution is 2.43. The Bertz CT molecular complexity index is 1480. The van der Waals surface area contributed by atoms with Crippen molar-refractivity contribution in [1.29, 1.82) is 0 Å². The van der Waals surface area contributed by atoms with Gasteiger partial charge in [0.15, 0.2) is 0 Å². The van der Waals surface area contributed by atoms with Gasteiger partial charge in [-0.05, 0) is 123 Å². The number of nitrogens with zero attached hydrogens (tertiary/aromatic N) is 1. The Morgan fingerprint density at radius 1 is 1.02 bits per heavy atom. The largest absolute Gasteiger partial charge is 0.489 e. The van der Waals surface area contributed by atoms with Crippen LogP contribution < -0.4 is 10.1 Å². The maximum Gasteiger partial charge on any atom is 0.412 e. The quantitative estimate of drug-likeness (QED) is 0.271. The summed E-state index contributed by atoms with van der Waals surface area (Å²) in [4.78, 5) is 14.7. The maximum atomic E-state index is 12.6. The average Bonchev–Trinajstić information content (AvgIpc) is 3.30. The fourth-order valence-electron chi connectivity index (χ4n) is 5.89. The van der Waals surface area contributed by atoms with Crippen LogP contribution in [0.4, 0.5) is 14.9 Å². The Morgan fingerprint density at radius 2 is 1.79 bits per heavy atom. The number of amides is 1. The number of allylic oxidation sites excluding steroid dienone is 1. The summed E-state index contributed by atoms with van der Waals surface area (Å²) < 4.78 is 24.4. The van der Waals surface area contributed by atoms with Crippen molar-refractivity contribution in [3.63, 3.8) is 0 Å². The first kappa shape index (κ1) is 31.4. The second kappa shape index (κ2) is 13.7. The molecule has 1 aliphatic carbocycles. The van der Waals surface area contributed by atoms with Crippen LogP contribution in [0.2, 0.25) is 10.0 Å². The van der Waals surface area contributed by atoms with Crippen molar-refractivity contribution >= 4 is 46.1 Å². The number of rotatable bonds is 8. The summed E-state index contributed by atoms with van der Waals surface area (Å²) >= 11 is 13.0. The first-order valence-electron chi connectivity index (χ1n) is 15.0. The molecule has 1 atom stereocenters. The van der Waals surface area contributed by atoms with Gasteiger partial charge >= 0.3 is 6.09 Å². The molecule has 1 fully saturated rings. The predicted octanol–water partition coefficient (Wildman–Crippen LogP) is 9.45. The van der Waals surface area contributed by atoms with Gasteiger partial charge in [-0.2, -0.15) is 0 Å².